The number of nitrogens with one attached hydrogen (secondary N) is 2. The topological polar surface area (TPSA) is 104 Å². The van der Waals surface area contributed by atoms with Crippen LogP contribution in [0, 0.1) is 0 Å². The molecule has 1 aliphatic rings. The second-order valence-corrected chi connectivity index (χ2v) is 13.4. The van der Waals surface area contributed by atoms with Gasteiger partial charge in [0.1, 0.15) is 16.1 Å². The lowest BCUT2D eigenvalue weighted by Crippen LogP contribution is -2.45. The first-order valence-electron chi connectivity index (χ1n) is 12.9. The van der Waals surface area contributed by atoms with Crippen molar-refractivity contribution in [2.24, 2.45) is 0 Å². The summed E-state index contributed by atoms with van der Waals surface area (Å²) in [6.45, 7) is 0.602. The van der Waals surface area contributed by atoms with Gasteiger partial charge in [0, 0.05) is 24.8 Å². The summed E-state index contributed by atoms with van der Waals surface area (Å²) in [7, 11) is -3.89. The van der Waals surface area contributed by atoms with Gasteiger partial charge in [0.05, 0.1) is 27.8 Å². The van der Waals surface area contributed by atoms with E-state index in [1.54, 1.807) is 24.4 Å². The molecule has 5 rings (SSSR count). The minimum absolute atomic E-state index is 0.0441. The number of amides is 1. The van der Waals surface area contributed by atoms with E-state index in [0.717, 1.165) is 29.2 Å². The van der Waals surface area contributed by atoms with Crippen LogP contribution >= 0.6 is 22.9 Å². The molecule has 0 radical (unpaired) electrons. The van der Waals surface area contributed by atoms with Gasteiger partial charge in [0.25, 0.3) is 10.0 Å². The van der Waals surface area contributed by atoms with E-state index in [4.69, 9.17) is 11.6 Å². The van der Waals surface area contributed by atoms with Crippen LogP contribution in [-0.2, 0) is 34.1 Å². The van der Waals surface area contributed by atoms with Crippen LogP contribution in [-0.4, -0.2) is 41.2 Å². The van der Waals surface area contributed by atoms with Crippen molar-refractivity contribution in [2.75, 3.05) is 11.9 Å². The Balaban J connectivity index is 1.36. The molecule has 2 N–H and O–H groups in total. The Morgan fingerprint density at radius 1 is 1.07 bits per heavy atom. The number of carbonyl (C=O) groups is 1. The average molecular weight is 636 g/mol. The van der Waals surface area contributed by atoms with E-state index in [0.29, 0.717) is 46.4 Å². The van der Waals surface area contributed by atoms with E-state index >= 15 is 0 Å². The van der Waals surface area contributed by atoms with Crippen LogP contribution in [0.4, 0.5) is 19.0 Å². The summed E-state index contributed by atoms with van der Waals surface area (Å²) < 4.78 is 67.2. The number of aromatic nitrogens is 2. The van der Waals surface area contributed by atoms with Crippen molar-refractivity contribution in [3.05, 3.63) is 94.1 Å². The summed E-state index contributed by atoms with van der Waals surface area (Å²) in [5.74, 6) is -0.0171. The number of anilines is 1. The number of hydrogen-bond acceptors (Lipinski definition) is 7. The van der Waals surface area contributed by atoms with Crippen molar-refractivity contribution in [3.8, 4) is 11.3 Å². The third-order valence-electron chi connectivity index (χ3n) is 6.65. The fourth-order valence-electron chi connectivity index (χ4n) is 4.59. The Labute approximate surface area is 249 Å². The molecule has 4 heterocycles. The highest BCUT2D eigenvalue weighted by Gasteiger charge is 2.40. The number of nitrogens with zero attached hydrogens (tertiary/aromatic N) is 3. The Bertz CT molecular complexity index is 1670. The van der Waals surface area contributed by atoms with Gasteiger partial charge in [-0.1, -0.05) is 29.8 Å². The van der Waals surface area contributed by atoms with Gasteiger partial charge >= 0.3 is 6.18 Å². The predicted molar refractivity (Wildman–Crippen MR) is 154 cm³/mol. The first-order valence-corrected chi connectivity index (χ1v) is 15.5. The second kappa shape index (κ2) is 12.4. The van der Waals surface area contributed by atoms with Gasteiger partial charge in [-0.05, 0) is 66.9 Å². The number of thiophene rings is 1. The van der Waals surface area contributed by atoms with Gasteiger partial charge in [-0.3, -0.25) is 9.78 Å². The van der Waals surface area contributed by atoms with Crippen LogP contribution in [0.1, 0.15) is 29.7 Å². The molecule has 8 nitrogen and oxygen atoms in total. The Morgan fingerprint density at radius 3 is 2.52 bits per heavy atom. The molecular formula is C28H25ClF3N5O3S2. The number of benzene rings is 1. The lowest BCUT2D eigenvalue weighted by molar-refractivity contribution is -0.137. The minimum Gasteiger partial charge on any atom is -0.364 e. The van der Waals surface area contributed by atoms with E-state index in [2.05, 4.69) is 20.6 Å². The lowest BCUT2D eigenvalue weighted by atomic mass is 10.1. The summed E-state index contributed by atoms with van der Waals surface area (Å²) in [4.78, 5) is 22.0. The summed E-state index contributed by atoms with van der Waals surface area (Å²) in [5, 5.41) is 6.00. The number of sulfonamides is 1. The van der Waals surface area contributed by atoms with Crippen LogP contribution < -0.4 is 10.6 Å². The number of hydrogen-bond donors (Lipinski definition) is 2. The maximum atomic E-state index is 13.2. The molecule has 1 saturated heterocycles. The number of alkyl halides is 3. The fourth-order valence-corrected chi connectivity index (χ4v) is 7.86. The van der Waals surface area contributed by atoms with Gasteiger partial charge in [-0.15, -0.1) is 11.3 Å². The van der Waals surface area contributed by atoms with Crippen LogP contribution in [0.5, 0.6) is 0 Å². The van der Waals surface area contributed by atoms with Crippen molar-refractivity contribution in [1.82, 2.24) is 19.6 Å². The zero-order valence-corrected chi connectivity index (χ0v) is 24.3. The molecule has 0 spiro atoms. The van der Waals surface area contributed by atoms with Crippen molar-refractivity contribution in [2.45, 2.75) is 42.4 Å². The zero-order chi connectivity index (χ0) is 29.9. The minimum atomic E-state index is -4.47. The van der Waals surface area contributed by atoms with E-state index in [-0.39, 0.29) is 17.3 Å². The van der Waals surface area contributed by atoms with Gasteiger partial charge in [0.2, 0.25) is 5.91 Å². The molecule has 14 heteroatoms. The third-order valence-corrected chi connectivity index (χ3v) is 10.3. The van der Waals surface area contributed by atoms with E-state index in [1.807, 2.05) is 12.1 Å². The molecule has 42 heavy (non-hydrogen) atoms. The number of rotatable bonds is 9. The average Bonchev–Trinajstić information content (AvgIpc) is 3.65. The van der Waals surface area contributed by atoms with Gasteiger partial charge in [-0.25, -0.2) is 13.4 Å². The van der Waals surface area contributed by atoms with Gasteiger partial charge < -0.3 is 10.6 Å². The van der Waals surface area contributed by atoms with Crippen LogP contribution in [0.25, 0.3) is 11.3 Å². The standard InChI is InChI=1S/C28H25ClF3N5O3S2/c29-24-10-11-26(41-24)42(39,40)37-13-3-5-23(37)27(38)35-16-18-14-22(19-6-8-20(9-7-19)28(30,31)32)36-25(15-18)34-17-21-4-1-2-12-33-21/h1-2,4,6-12,14-15,23H,3,5,13,16-17H2,(H,34,36)(H,35,38)/t23-/m0/s1. The van der Waals surface area contributed by atoms with Crippen molar-refractivity contribution in [1.29, 1.82) is 0 Å². The maximum absolute atomic E-state index is 13.2. The second-order valence-electron chi connectivity index (χ2n) is 9.55. The molecule has 1 amide bonds. The number of pyridine rings is 2. The highest BCUT2D eigenvalue weighted by atomic mass is 35.5. The molecule has 1 aromatic carbocycles. The highest BCUT2D eigenvalue weighted by molar-refractivity contribution is 7.91. The molecular weight excluding hydrogens is 611 g/mol. The van der Waals surface area contributed by atoms with Crippen molar-refractivity contribution in [3.63, 3.8) is 0 Å². The molecule has 1 aliphatic heterocycles. The van der Waals surface area contributed by atoms with E-state index in [1.165, 1.54) is 28.6 Å². The summed E-state index contributed by atoms with van der Waals surface area (Å²) in [6, 6.07) is 15.6. The van der Waals surface area contributed by atoms with Crippen LogP contribution in [0.3, 0.4) is 0 Å². The zero-order valence-electron chi connectivity index (χ0n) is 21.9. The predicted octanol–water partition coefficient (Wildman–Crippen LogP) is 5.96. The third kappa shape index (κ3) is 6.92. The number of halogens is 4. The van der Waals surface area contributed by atoms with Crippen molar-refractivity contribution < 1.29 is 26.4 Å². The summed E-state index contributed by atoms with van der Waals surface area (Å²) >= 11 is 6.87. The molecule has 0 saturated carbocycles. The Kier molecular flexibility index (Phi) is 8.83. The van der Waals surface area contributed by atoms with E-state index < -0.39 is 33.7 Å². The Morgan fingerprint density at radius 2 is 1.86 bits per heavy atom. The molecule has 3 aromatic heterocycles. The molecule has 0 aliphatic carbocycles. The first-order chi connectivity index (χ1) is 20.0. The Hall–Kier alpha value is -3.52. The molecule has 220 valence electrons. The van der Waals surface area contributed by atoms with Crippen LogP contribution in [0.2, 0.25) is 4.34 Å². The largest absolute Gasteiger partial charge is 0.416 e. The summed E-state index contributed by atoms with van der Waals surface area (Å²) in [5.41, 5.74) is 1.46. The maximum Gasteiger partial charge on any atom is 0.416 e. The van der Waals surface area contributed by atoms with Crippen molar-refractivity contribution >= 4 is 44.7 Å². The number of carbonyl (C=O) groups excluding carboxylic acids is 1. The molecule has 4 aromatic rings. The lowest BCUT2D eigenvalue weighted by Gasteiger charge is -2.22. The monoisotopic (exact) mass is 635 g/mol. The highest BCUT2D eigenvalue weighted by Crippen LogP contribution is 2.33. The van der Waals surface area contributed by atoms with Gasteiger partial charge in [0.15, 0.2) is 0 Å². The molecule has 1 atom stereocenters. The molecule has 0 bridgehead atoms. The first kappa shape index (κ1) is 30.0. The molecule has 1 fully saturated rings. The normalized spacial score (nSPS) is 16.0. The SMILES string of the molecule is O=C(NCc1cc(NCc2ccccn2)nc(-c2ccc(C(F)(F)F)cc2)c1)[C@@H]1CCCN1S(=O)(=O)c1ccc(Cl)s1. The molecule has 0 unspecified atom stereocenters. The fraction of sp³-hybridized carbons (Fsp3) is 0.250. The summed E-state index contributed by atoms with van der Waals surface area (Å²) in [6.07, 6.45) is -1.91. The van der Waals surface area contributed by atoms with Gasteiger partial charge in [-0.2, -0.15) is 17.5 Å². The smallest absolute Gasteiger partial charge is 0.364 e. The van der Waals surface area contributed by atoms with E-state index in [9.17, 15) is 26.4 Å². The quantitative estimate of drug-likeness (QED) is 0.235. The van der Waals surface area contributed by atoms with Crippen LogP contribution in [0.15, 0.2) is 77.1 Å².